The molecule has 0 saturated carbocycles. The van der Waals surface area contributed by atoms with Gasteiger partial charge in [-0.25, -0.2) is 14.0 Å². The Morgan fingerprint density at radius 2 is 1.62 bits per heavy atom. The average Bonchev–Trinajstić information content (AvgIpc) is 3.02. The number of carbonyl (C=O) groups is 2. The lowest BCUT2D eigenvalue weighted by Crippen LogP contribution is -2.19. The van der Waals surface area contributed by atoms with Gasteiger partial charge in [-0.1, -0.05) is 48.5 Å². The molecule has 0 spiro atoms. The van der Waals surface area contributed by atoms with E-state index in [2.05, 4.69) is 21.2 Å². The first-order valence-corrected chi connectivity index (χ1v) is 9.59. The fourth-order valence-corrected chi connectivity index (χ4v) is 4.14. The molecule has 0 aromatic heterocycles. The Labute approximate surface area is 174 Å². The zero-order valence-electron chi connectivity index (χ0n) is 15.0. The maximum absolute atomic E-state index is 13.5. The predicted molar refractivity (Wildman–Crippen MR) is 110 cm³/mol. The number of rotatable bonds is 4. The molecule has 3 aromatic carbocycles. The summed E-state index contributed by atoms with van der Waals surface area (Å²) in [5, 5.41) is 11.7. The van der Waals surface area contributed by atoms with Crippen LogP contribution in [0.15, 0.2) is 65.1 Å². The normalized spacial score (nSPS) is 12.2. The van der Waals surface area contributed by atoms with Crippen molar-refractivity contribution < 1.29 is 23.8 Å². The standard InChI is InChI=1S/C22H15BrFNO4/c23-19-10-12(24)9-17(21(26)27)20(19)25-22(28)29-11-18-15-7-3-1-5-13(15)14-6-2-4-8-16(14)18/h1-10,18H,11H2,(H,25,28)(H,26,27). The van der Waals surface area contributed by atoms with Crippen LogP contribution < -0.4 is 5.32 Å². The first-order chi connectivity index (χ1) is 14.0. The number of anilines is 1. The highest BCUT2D eigenvalue weighted by Gasteiger charge is 2.29. The smallest absolute Gasteiger partial charge is 0.411 e. The summed E-state index contributed by atoms with van der Waals surface area (Å²) in [6.45, 7) is 0.0844. The molecule has 4 rings (SSSR count). The molecule has 1 aliphatic rings. The lowest BCUT2D eigenvalue weighted by atomic mass is 9.98. The van der Waals surface area contributed by atoms with Crippen molar-refractivity contribution in [2.24, 2.45) is 0 Å². The minimum absolute atomic E-state index is 0.0591. The molecule has 0 atom stereocenters. The van der Waals surface area contributed by atoms with Crippen LogP contribution in [0.4, 0.5) is 14.9 Å². The van der Waals surface area contributed by atoms with Crippen LogP contribution in [-0.2, 0) is 4.74 Å². The maximum atomic E-state index is 13.5. The summed E-state index contributed by atoms with van der Waals surface area (Å²) < 4.78 is 19.0. The molecule has 0 radical (unpaired) electrons. The number of carboxylic acids is 1. The van der Waals surface area contributed by atoms with E-state index in [0.29, 0.717) is 0 Å². The Balaban J connectivity index is 1.54. The Bertz CT molecular complexity index is 1090. The minimum Gasteiger partial charge on any atom is -0.478 e. The van der Waals surface area contributed by atoms with Crippen LogP contribution in [0.5, 0.6) is 0 Å². The molecular weight excluding hydrogens is 441 g/mol. The molecule has 0 heterocycles. The van der Waals surface area contributed by atoms with Crippen molar-refractivity contribution in [1.82, 2.24) is 0 Å². The summed E-state index contributed by atoms with van der Waals surface area (Å²) in [6, 6.07) is 17.8. The fraction of sp³-hybridized carbons (Fsp3) is 0.0909. The molecule has 1 amide bonds. The summed E-state index contributed by atoms with van der Waals surface area (Å²) >= 11 is 3.08. The van der Waals surface area contributed by atoms with Crippen LogP contribution in [0.3, 0.4) is 0 Å². The van der Waals surface area contributed by atoms with E-state index < -0.39 is 17.9 Å². The highest BCUT2D eigenvalue weighted by atomic mass is 79.9. The SMILES string of the molecule is O=C(Nc1c(Br)cc(F)cc1C(=O)O)OCC1c2ccccc2-c2ccccc21. The van der Waals surface area contributed by atoms with Gasteiger partial charge in [-0.3, -0.25) is 5.32 Å². The van der Waals surface area contributed by atoms with Gasteiger partial charge < -0.3 is 9.84 Å². The van der Waals surface area contributed by atoms with E-state index in [-0.39, 0.29) is 28.2 Å². The van der Waals surface area contributed by atoms with Crippen molar-refractivity contribution in [3.8, 4) is 11.1 Å². The lowest BCUT2D eigenvalue weighted by Gasteiger charge is -2.16. The van der Waals surface area contributed by atoms with Gasteiger partial charge in [0.15, 0.2) is 0 Å². The molecule has 3 aromatic rings. The zero-order chi connectivity index (χ0) is 20.5. The van der Waals surface area contributed by atoms with Gasteiger partial charge in [-0.15, -0.1) is 0 Å². The molecule has 7 heteroatoms. The second-order valence-electron chi connectivity index (χ2n) is 6.57. The molecule has 0 aliphatic heterocycles. The van der Waals surface area contributed by atoms with Crippen molar-refractivity contribution in [3.63, 3.8) is 0 Å². The lowest BCUT2D eigenvalue weighted by molar-refractivity contribution is 0.0697. The van der Waals surface area contributed by atoms with Crippen molar-refractivity contribution in [2.45, 2.75) is 5.92 Å². The number of hydrogen-bond acceptors (Lipinski definition) is 3. The molecule has 0 saturated heterocycles. The molecular formula is C22H15BrFNO4. The number of halogens is 2. The minimum atomic E-state index is -1.36. The van der Waals surface area contributed by atoms with Gasteiger partial charge in [0.25, 0.3) is 0 Å². The number of nitrogens with one attached hydrogen (secondary N) is 1. The van der Waals surface area contributed by atoms with E-state index in [1.165, 1.54) is 0 Å². The van der Waals surface area contributed by atoms with E-state index in [1.54, 1.807) is 0 Å². The summed E-state index contributed by atoms with van der Waals surface area (Å²) in [5.74, 6) is -2.21. The number of aromatic carboxylic acids is 1. The van der Waals surface area contributed by atoms with Gasteiger partial charge in [-0.2, -0.15) is 0 Å². The summed E-state index contributed by atoms with van der Waals surface area (Å²) in [6.07, 6.45) is -0.818. The maximum Gasteiger partial charge on any atom is 0.411 e. The number of hydrogen-bond donors (Lipinski definition) is 2. The third kappa shape index (κ3) is 3.61. The summed E-state index contributed by atoms with van der Waals surface area (Å²) in [4.78, 5) is 23.7. The number of carbonyl (C=O) groups excluding carboxylic acids is 1. The highest BCUT2D eigenvalue weighted by Crippen LogP contribution is 2.44. The van der Waals surface area contributed by atoms with Crippen molar-refractivity contribution in [2.75, 3.05) is 11.9 Å². The van der Waals surface area contributed by atoms with Crippen molar-refractivity contribution >= 4 is 33.7 Å². The van der Waals surface area contributed by atoms with E-state index >= 15 is 0 Å². The van der Waals surface area contributed by atoms with Crippen LogP contribution in [0.25, 0.3) is 11.1 Å². The average molecular weight is 456 g/mol. The van der Waals surface area contributed by atoms with Crippen LogP contribution >= 0.6 is 15.9 Å². The number of carboxylic acid groups (broad SMARTS) is 1. The monoisotopic (exact) mass is 455 g/mol. The van der Waals surface area contributed by atoms with E-state index in [0.717, 1.165) is 34.4 Å². The summed E-state index contributed by atoms with van der Waals surface area (Å²) in [7, 11) is 0. The first-order valence-electron chi connectivity index (χ1n) is 8.80. The Morgan fingerprint density at radius 1 is 1.03 bits per heavy atom. The number of fused-ring (bicyclic) bond motifs is 3. The largest absolute Gasteiger partial charge is 0.478 e. The fourth-order valence-electron chi connectivity index (χ4n) is 3.61. The predicted octanol–water partition coefficient (Wildman–Crippen LogP) is 5.65. The van der Waals surface area contributed by atoms with Crippen LogP contribution in [-0.4, -0.2) is 23.8 Å². The Kier molecular flexibility index (Phi) is 5.07. The van der Waals surface area contributed by atoms with Gasteiger partial charge in [0.1, 0.15) is 12.4 Å². The van der Waals surface area contributed by atoms with Gasteiger partial charge in [0.2, 0.25) is 0 Å². The molecule has 29 heavy (non-hydrogen) atoms. The van der Waals surface area contributed by atoms with Gasteiger partial charge in [0, 0.05) is 10.4 Å². The summed E-state index contributed by atoms with van der Waals surface area (Å²) in [5.41, 5.74) is 3.91. The number of benzene rings is 3. The first kappa shape index (κ1) is 19.1. The number of ether oxygens (including phenoxy) is 1. The van der Waals surface area contributed by atoms with Crippen LogP contribution in [0.2, 0.25) is 0 Å². The number of amides is 1. The Hall–Kier alpha value is -3.19. The second kappa shape index (κ2) is 7.67. The van der Waals surface area contributed by atoms with Crippen molar-refractivity contribution in [3.05, 3.63) is 87.6 Å². The molecule has 0 bridgehead atoms. The Morgan fingerprint density at radius 3 is 2.21 bits per heavy atom. The third-order valence-corrected chi connectivity index (χ3v) is 5.48. The van der Waals surface area contributed by atoms with Crippen molar-refractivity contribution in [1.29, 1.82) is 0 Å². The quantitative estimate of drug-likeness (QED) is 0.532. The molecule has 146 valence electrons. The van der Waals surface area contributed by atoms with Gasteiger partial charge in [0.05, 0.1) is 11.3 Å². The molecule has 5 nitrogen and oxygen atoms in total. The second-order valence-corrected chi connectivity index (χ2v) is 7.42. The molecule has 2 N–H and O–H groups in total. The molecule has 1 aliphatic carbocycles. The zero-order valence-corrected chi connectivity index (χ0v) is 16.6. The topological polar surface area (TPSA) is 75.6 Å². The van der Waals surface area contributed by atoms with E-state index in [1.807, 2.05) is 48.5 Å². The van der Waals surface area contributed by atoms with Crippen LogP contribution in [0, 0.1) is 5.82 Å². The van der Waals surface area contributed by atoms with E-state index in [4.69, 9.17) is 4.74 Å². The van der Waals surface area contributed by atoms with Gasteiger partial charge >= 0.3 is 12.1 Å². The highest BCUT2D eigenvalue weighted by molar-refractivity contribution is 9.10. The van der Waals surface area contributed by atoms with Crippen LogP contribution in [0.1, 0.15) is 27.4 Å². The van der Waals surface area contributed by atoms with Gasteiger partial charge in [-0.05, 0) is 50.3 Å². The molecule has 0 unspecified atom stereocenters. The third-order valence-electron chi connectivity index (χ3n) is 4.86. The molecule has 0 fully saturated rings. The van der Waals surface area contributed by atoms with E-state index in [9.17, 15) is 19.1 Å².